The lowest BCUT2D eigenvalue weighted by atomic mass is 9.64. The Kier molecular flexibility index (Phi) is 7.14. The minimum Gasteiger partial charge on any atom is -0.379 e. The Bertz CT molecular complexity index is 466. The first-order chi connectivity index (χ1) is 12.6. The van der Waals surface area contributed by atoms with E-state index >= 15 is 0 Å². The Morgan fingerprint density at radius 2 is 1.88 bits per heavy atom. The van der Waals surface area contributed by atoms with Crippen LogP contribution in [0, 0.1) is 11.3 Å². The predicted octanol–water partition coefficient (Wildman–Crippen LogP) is 2.58. The number of morpholine rings is 1. The minimum atomic E-state index is 0.262. The molecule has 0 aromatic carbocycles. The zero-order valence-electron chi connectivity index (χ0n) is 17.0. The lowest BCUT2D eigenvalue weighted by molar-refractivity contribution is -0.0120. The van der Waals surface area contributed by atoms with Gasteiger partial charge in [0.05, 0.1) is 13.2 Å². The van der Waals surface area contributed by atoms with Crippen LogP contribution in [0.15, 0.2) is 4.99 Å². The third-order valence-corrected chi connectivity index (χ3v) is 7.69. The van der Waals surface area contributed by atoms with Gasteiger partial charge in [-0.05, 0) is 42.8 Å². The van der Waals surface area contributed by atoms with Crippen LogP contribution in [-0.2, 0) is 4.74 Å². The Balaban J connectivity index is 1.52. The zero-order valence-corrected chi connectivity index (χ0v) is 17.8. The summed E-state index contributed by atoms with van der Waals surface area (Å²) in [6.07, 6.45) is 6.70. The van der Waals surface area contributed by atoms with E-state index in [1.165, 1.54) is 43.6 Å². The van der Waals surface area contributed by atoms with Gasteiger partial charge in [-0.15, -0.1) is 0 Å². The minimum absolute atomic E-state index is 0.262. The molecule has 3 rings (SSSR count). The summed E-state index contributed by atoms with van der Waals surface area (Å²) in [6.45, 7) is 10.6. The number of thioether (sulfide) groups is 1. The van der Waals surface area contributed by atoms with Gasteiger partial charge >= 0.3 is 0 Å². The van der Waals surface area contributed by atoms with Crippen molar-refractivity contribution in [1.29, 1.82) is 0 Å². The number of hydrogen-bond acceptors (Lipinski definition) is 4. The average molecular weight is 383 g/mol. The second-order valence-corrected chi connectivity index (χ2v) is 9.96. The number of nitrogens with zero attached hydrogens (tertiary/aromatic N) is 2. The van der Waals surface area contributed by atoms with E-state index in [2.05, 4.69) is 46.1 Å². The lowest BCUT2D eigenvalue weighted by Crippen LogP contribution is -2.60. The first-order valence-electron chi connectivity index (χ1n) is 10.4. The van der Waals surface area contributed by atoms with Crippen LogP contribution in [0.25, 0.3) is 0 Å². The highest BCUT2D eigenvalue weighted by Gasteiger charge is 2.41. The Hall–Kier alpha value is -0.460. The maximum Gasteiger partial charge on any atom is 0.191 e. The largest absolute Gasteiger partial charge is 0.379 e. The highest BCUT2D eigenvalue weighted by Crippen LogP contribution is 2.45. The second-order valence-electron chi connectivity index (χ2n) is 8.86. The van der Waals surface area contributed by atoms with Crippen molar-refractivity contribution in [1.82, 2.24) is 15.5 Å². The number of aliphatic imine (C=N–C) groups is 1. The van der Waals surface area contributed by atoms with Crippen molar-refractivity contribution in [3.05, 3.63) is 0 Å². The molecule has 0 aromatic rings. The van der Waals surface area contributed by atoms with E-state index in [1.807, 2.05) is 7.05 Å². The molecule has 0 radical (unpaired) electrons. The molecule has 2 saturated heterocycles. The molecule has 2 heterocycles. The number of nitrogens with one attached hydrogen (secondary N) is 2. The van der Waals surface area contributed by atoms with E-state index in [9.17, 15) is 0 Å². The molecule has 1 atom stereocenters. The fourth-order valence-electron chi connectivity index (χ4n) is 4.87. The highest BCUT2D eigenvalue weighted by atomic mass is 32.2. The number of rotatable bonds is 7. The molecule has 2 N–H and O–H groups in total. The summed E-state index contributed by atoms with van der Waals surface area (Å²) in [6, 6.07) is 0. The number of ether oxygens (including phenoxy) is 1. The Morgan fingerprint density at radius 3 is 2.42 bits per heavy atom. The van der Waals surface area contributed by atoms with E-state index in [-0.39, 0.29) is 5.54 Å². The van der Waals surface area contributed by atoms with E-state index in [0.29, 0.717) is 5.41 Å². The van der Waals surface area contributed by atoms with Crippen molar-refractivity contribution in [2.45, 2.75) is 51.5 Å². The zero-order chi connectivity index (χ0) is 18.5. The molecule has 0 bridgehead atoms. The summed E-state index contributed by atoms with van der Waals surface area (Å²) in [4.78, 5) is 7.17. The van der Waals surface area contributed by atoms with Crippen LogP contribution in [0.5, 0.6) is 0 Å². The van der Waals surface area contributed by atoms with Gasteiger partial charge in [-0.25, -0.2) is 0 Å². The van der Waals surface area contributed by atoms with Crippen molar-refractivity contribution >= 4 is 17.7 Å². The predicted molar refractivity (Wildman–Crippen MR) is 112 cm³/mol. The second kappa shape index (κ2) is 9.16. The summed E-state index contributed by atoms with van der Waals surface area (Å²) in [5.41, 5.74) is 0.759. The van der Waals surface area contributed by atoms with E-state index in [0.717, 1.165) is 51.3 Å². The van der Waals surface area contributed by atoms with Crippen LogP contribution in [0.3, 0.4) is 0 Å². The maximum atomic E-state index is 5.57. The van der Waals surface area contributed by atoms with E-state index < -0.39 is 0 Å². The van der Waals surface area contributed by atoms with Crippen LogP contribution in [0.4, 0.5) is 0 Å². The van der Waals surface area contributed by atoms with E-state index in [4.69, 9.17) is 4.74 Å². The van der Waals surface area contributed by atoms with Crippen molar-refractivity contribution in [3.8, 4) is 0 Å². The quantitative estimate of drug-likeness (QED) is 0.523. The van der Waals surface area contributed by atoms with Crippen molar-refractivity contribution in [2.75, 3.05) is 57.9 Å². The van der Waals surface area contributed by atoms with Crippen molar-refractivity contribution < 1.29 is 4.74 Å². The Labute approximate surface area is 164 Å². The van der Waals surface area contributed by atoms with Crippen molar-refractivity contribution in [2.24, 2.45) is 16.3 Å². The van der Waals surface area contributed by atoms with Gasteiger partial charge in [0.25, 0.3) is 0 Å². The van der Waals surface area contributed by atoms with Crippen molar-refractivity contribution in [3.63, 3.8) is 0 Å². The normalized spacial score (nSPS) is 29.6. The molecule has 3 aliphatic rings. The van der Waals surface area contributed by atoms with Gasteiger partial charge in [0.2, 0.25) is 0 Å². The van der Waals surface area contributed by atoms with Gasteiger partial charge in [0, 0.05) is 44.5 Å². The molecule has 26 heavy (non-hydrogen) atoms. The fourth-order valence-corrected chi connectivity index (χ4v) is 6.35. The SMILES string of the molecule is CN=C(NCC1(CC(C)C)CCC1)NCC1(N2CCOCC2)CCSC1. The van der Waals surface area contributed by atoms with Gasteiger partial charge in [-0.3, -0.25) is 9.89 Å². The molecule has 0 aromatic heterocycles. The third-order valence-electron chi connectivity index (χ3n) is 6.46. The summed E-state index contributed by atoms with van der Waals surface area (Å²) in [5.74, 6) is 4.23. The van der Waals surface area contributed by atoms with Crippen LogP contribution in [0.1, 0.15) is 46.0 Å². The molecule has 3 fully saturated rings. The van der Waals surface area contributed by atoms with Gasteiger partial charge in [0.15, 0.2) is 5.96 Å². The van der Waals surface area contributed by atoms with Gasteiger partial charge in [0.1, 0.15) is 0 Å². The number of hydrogen-bond donors (Lipinski definition) is 2. The highest BCUT2D eigenvalue weighted by molar-refractivity contribution is 7.99. The van der Waals surface area contributed by atoms with Crippen LogP contribution < -0.4 is 10.6 Å². The van der Waals surface area contributed by atoms with Crippen LogP contribution >= 0.6 is 11.8 Å². The molecule has 6 heteroatoms. The van der Waals surface area contributed by atoms with Gasteiger partial charge in [-0.2, -0.15) is 11.8 Å². The Morgan fingerprint density at radius 1 is 1.15 bits per heavy atom. The van der Waals surface area contributed by atoms with Gasteiger partial charge < -0.3 is 15.4 Å². The summed E-state index contributed by atoms with van der Waals surface area (Å²) in [7, 11) is 1.90. The molecule has 1 aliphatic carbocycles. The van der Waals surface area contributed by atoms with Crippen LogP contribution in [-0.4, -0.2) is 74.3 Å². The molecule has 1 saturated carbocycles. The molecule has 5 nitrogen and oxygen atoms in total. The van der Waals surface area contributed by atoms with Crippen LogP contribution in [0.2, 0.25) is 0 Å². The third kappa shape index (κ3) is 4.87. The smallest absolute Gasteiger partial charge is 0.191 e. The molecule has 1 unspecified atom stereocenters. The number of guanidine groups is 1. The van der Waals surface area contributed by atoms with Gasteiger partial charge in [-0.1, -0.05) is 20.3 Å². The molecular formula is C20H38N4OS. The molecule has 150 valence electrons. The topological polar surface area (TPSA) is 48.9 Å². The molecule has 2 aliphatic heterocycles. The van der Waals surface area contributed by atoms with E-state index in [1.54, 1.807) is 0 Å². The average Bonchev–Trinajstić information content (AvgIpc) is 3.10. The first-order valence-corrected chi connectivity index (χ1v) is 11.6. The maximum absolute atomic E-state index is 5.57. The first kappa shape index (κ1) is 20.3. The molecule has 0 amide bonds. The summed E-state index contributed by atoms with van der Waals surface area (Å²) in [5, 5.41) is 7.32. The monoisotopic (exact) mass is 382 g/mol. The molecule has 0 spiro atoms. The summed E-state index contributed by atoms with van der Waals surface area (Å²) < 4.78 is 5.57. The fraction of sp³-hybridized carbons (Fsp3) is 0.950. The lowest BCUT2D eigenvalue weighted by Gasteiger charge is -2.44. The molecular weight excluding hydrogens is 344 g/mol. The standard InChI is InChI=1S/C20H38N4OS/c1-17(2)13-19(5-4-6-19)14-22-18(21-3)23-15-20(7-12-26-16-20)24-8-10-25-11-9-24/h17H,4-16H2,1-3H3,(H2,21,22,23). The summed E-state index contributed by atoms with van der Waals surface area (Å²) >= 11 is 2.09.